The minimum atomic E-state index is 0.377. The van der Waals surface area contributed by atoms with Crippen molar-refractivity contribution in [1.29, 1.82) is 0 Å². The maximum absolute atomic E-state index is 5.98. The Bertz CT molecular complexity index is 456. The summed E-state index contributed by atoms with van der Waals surface area (Å²) in [4.78, 5) is 2.50. The molecule has 110 valence electrons. The fourth-order valence-electron chi connectivity index (χ4n) is 2.96. The van der Waals surface area contributed by atoms with E-state index in [4.69, 9.17) is 15.2 Å². The van der Waals surface area contributed by atoms with Crippen LogP contribution >= 0.6 is 0 Å². The number of hydrogen-bond donors (Lipinski definition) is 1. The minimum absolute atomic E-state index is 0.377. The molecule has 0 radical (unpaired) electrons. The zero-order valence-corrected chi connectivity index (χ0v) is 12.2. The zero-order valence-electron chi connectivity index (χ0n) is 12.2. The highest BCUT2D eigenvalue weighted by Gasteiger charge is 2.22. The fourth-order valence-corrected chi connectivity index (χ4v) is 2.96. The highest BCUT2D eigenvalue weighted by atomic mass is 16.5. The Morgan fingerprint density at radius 3 is 2.60 bits per heavy atom. The molecule has 2 N–H and O–H groups in total. The third kappa shape index (κ3) is 2.91. The summed E-state index contributed by atoms with van der Waals surface area (Å²) in [5.74, 6) is 1.76. The molecule has 0 bridgehead atoms. The van der Waals surface area contributed by atoms with Crippen LogP contribution in [-0.2, 0) is 0 Å². The Kier molecular flexibility index (Phi) is 4.13. The highest BCUT2D eigenvalue weighted by Crippen LogP contribution is 2.34. The van der Waals surface area contributed by atoms with Crippen LogP contribution in [0.3, 0.4) is 0 Å². The van der Waals surface area contributed by atoms with Crippen LogP contribution in [0.15, 0.2) is 18.2 Å². The third-order valence-corrected chi connectivity index (χ3v) is 4.38. The van der Waals surface area contributed by atoms with E-state index in [2.05, 4.69) is 24.0 Å². The molecule has 4 nitrogen and oxygen atoms in total. The van der Waals surface area contributed by atoms with Gasteiger partial charge in [0.2, 0.25) is 0 Å². The molecule has 1 aromatic carbocycles. The van der Waals surface area contributed by atoms with Gasteiger partial charge in [0.1, 0.15) is 0 Å². The van der Waals surface area contributed by atoms with E-state index in [-0.39, 0.29) is 0 Å². The van der Waals surface area contributed by atoms with Gasteiger partial charge in [0.15, 0.2) is 11.5 Å². The van der Waals surface area contributed by atoms with Crippen molar-refractivity contribution in [2.45, 2.75) is 38.3 Å². The summed E-state index contributed by atoms with van der Waals surface area (Å²) in [6.07, 6.45) is 3.13. The number of benzene rings is 1. The third-order valence-electron chi connectivity index (χ3n) is 4.38. The maximum Gasteiger partial charge on any atom is 0.161 e. The van der Waals surface area contributed by atoms with Crippen molar-refractivity contribution in [1.82, 2.24) is 4.90 Å². The van der Waals surface area contributed by atoms with Gasteiger partial charge in [-0.3, -0.25) is 4.90 Å². The molecule has 1 atom stereocenters. The van der Waals surface area contributed by atoms with Crippen LogP contribution in [0, 0.1) is 0 Å². The first kappa shape index (κ1) is 13.7. The summed E-state index contributed by atoms with van der Waals surface area (Å²) in [7, 11) is 0. The first-order valence-corrected chi connectivity index (χ1v) is 7.63. The predicted molar refractivity (Wildman–Crippen MR) is 79.2 cm³/mol. The second kappa shape index (κ2) is 6.02. The van der Waals surface area contributed by atoms with E-state index in [0.717, 1.165) is 57.1 Å². The number of ether oxygens (including phenoxy) is 2. The Hall–Kier alpha value is -1.26. The van der Waals surface area contributed by atoms with Gasteiger partial charge in [-0.2, -0.15) is 0 Å². The van der Waals surface area contributed by atoms with Crippen LogP contribution < -0.4 is 15.2 Å². The average Bonchev–Trinajstić information content (AvgIpc) is 2.71. The smallest absolute Gasteiger partial charge is 0.161 e. The fraction of sp³-hybridized carbons (Fsp3) is 0.625. The topological polar surface area (TPSA) is 47.7 Å². The molecule has 0 saturated carbocycles. The number of piperidine rings is 1. The van der Waals surface area contributed by atoms with Gasteiger partial charge in [-0.05, 0) is 37.5 Å². The molecule has 20 heavy (non-hydrogen) atoms. The van der Waals surface area contributed by atoms with Gasteiger partial charge in [-0.1, -0.05) is 6.07 Å². The maximum atomic E-state index is 5.98. The summed E-state index contributed by atoms with van der Waals surface area (Å²) in [5, 5.41) is 0. The second-order valence-electron chi connectivity index (χ2n) is 5.81. The van der Waals surface area contributed by atoms with Crippen molar-refractivity contribution in [3.05, 3.63) is 23.8 Å². The molecular formula is C16H24N2O2. The van der Waals surface area contributed by atoms with Crippen molar-refractivity contribution in [2.75, 3.05) is 26.3 Å². The summed E-state index contributed by atoms with van der Waals surface area (Å²) in [6, 6.07) is 7.12. The number of rotatable bonds is 2. The summed E-state index contributed by atoms with van der Waals surface area (Å²) >= 11 is 0. The lowest BCUT2D eigenvalue weighted by molar-refractivity contribution is 0.163. The van der Waals surface area contributed by atoms with Crippen LogP contribution in [0.25, 0.3) is 0 Å². The van der Waals surface area contributed by atoms with E-state index in [1.807, 2.05) is 6.07 Å². The molecule has 3 rings (SSSR count). The normalized spacial score (nSPS) is 22.3. The van der Waals surface area contributed by atoms with Crippen LogP contribution in [-0.4, -0.2) is 37.2 Å². The van der Waals surface area contributed by atoms with Gasteiger partial charge < -0.3 is 15.2 Å². The van der Waals surface area contributed by atoms with Gasteiger partial charge in [0, 0.05) is 31.6 Å². The van der Waals surface area contributed by atoms with Gasteiger partial charge >= 0.3 is 0 Å². The summed E-state index contributed by atoms with van der Waals surface area (Å²) < 4.78 is 11.5. The molecule has 1 saturated heterocycles. The Morgan fingerprint density at radius 2 is 1.85 bits per heavy atom. The second-order valence-corrected chi connectivity index (χ2v) is 5.81. The van der Waals surface area contributed by atoms with E-state index < -0.39 is 0 Å². The van der Waals surface area contributed by atoms with E-state index in [1.54, 1.807) is 0 Å². The van der Waals surface area contributed by atoms with Crippen molar-refractivity contribution in [3.63, 3.8) is 0 Å². The molecule has 0 aliphatic carbocycles. The standard InChI is InChI=1S/C16H24N2O2/c1-12(18-7-5-14(17)6-8-18)13-3-4-15-16(11-13)20-10-2-9-19-15/h3-4,11-12,14H,2,5-10,17H2,1H3. The van der Waals surface area contributed by atoms with Crippen LogP contribution in [0.4, 0.5) is 0 Å². The number of hydrogen-bond acceptors (Lipinski definition) is 4. The van der Waals surface area contributed by atoms with E-state index in [1.165, 1.54) is 5.56 Å². The van der Waals surface area contributed by atoms with E-state index in [9.17, 15) is 0 Å². The lowest BCUT2D eigenvalue weighted by Crippen LogP contribution is -2.40. The SMILES string of the molecule is CC(c1ccc2c(c1)OCCCO2)N1CCC(N)CC1. The van der Waals surface area contributed by atoms with Crippen molar-refractivity contribution >= 4 is 0 Å². The van der Waals surface area contributed by atoms with Gasteiger partial charge in [0.05, 0.1) is 13.2 Å². The first-order valence-electron chi connectivity index (χ1n) is 7.63. The van der Waals surface area contributed by atoms with E-state index in [0.29, 0.717) is 12.1 Å². The van der Waals surface area contributed by atoms with Crippen LogP contribution in [0.1, 0.15) is 37.8 Å². The van der Waals surface area contributed by atoms with Crippen molar-refractivity contribution < 1.29 is 9.47 Å². The van der Waals surface area contributed by atoms with Crippen LogP contribution in [0.5, 0.6) is 11.5 Å². The van der Waals surface area contributed by atoms with Gasteiger partial charge in [-0.25, -0.2) is 0 Å². The molecule has 0 aromatic heterocycles. The molecule has 0 spiro atoms. The molecule has 0 amide bonds. The minimum Gasteiger partial charge on any atom is -0.490 e. The van der Waals surface area contributed by atoms with Gasteiger partial charge in [-0.15, -0.1) is 0 Å². The lowest BCUT2D eigenvalue weighted by Gasteiger charge is -2.35. The Balaban J connectivity index is 1.74. The molecular weight excluding hydrogens is 252 g/mol. The summed E-state index contributed by atoms with van der Waals surface area (Å²) in [6.45, 7) is 5.90. The van der Waals surface area contributed by atoms with E-state index >= 15 is 0 Å². The van der Waals surface area contributed by atoms with Crippen molar-refractivity contribution in [2.24, 2.45) is 5.73 Å². The Morgan fingerprint density at radius 1 is 1.15 bits per heavy atom. The molecule has 4 heteroatoms. The quantitative estimate of drug-likeness (QED) is 0.900. The van der Waals surface area contributed by atoms with Gasteiger partial charge in [0.25, 0.3) is 0 Å². The lowest BCUT2D eigenvalue weighted by atomic mass is 10.0. The molecule has 2 heterocycles. The number of nitrogens with zero attached hydrogens (tertiary/aromatic N) is 1. The molecule has 1 fully saturated rings. The first-order chi connectivity index (χ1) is 9.74. The number of likely N-dealkylation sites (tertiary alicyclic amines) is 1. The Labute approximate surface area is 120 Å². The molecule has 1 aromatic rings. The molecule has 2 aliphatic rings. The monoisotopic (exact) mass is 276 g/mol. The number of nitrogens with two attached hydrogens (primary N) is 1. The highest BCUT2D eigenvalue weighted by molar-refractivity contribution is 5.44. The largest absolute Gasteiger partial charge is 0.490 e. The van der Waals surface area contributed by atoms with Crippen LogP contribution in [0.2, 0.25) is 0 Å². The summed E-state index contributed by atoms with van der Waals surface area (Å²) in [5.41, 5.74) is 7.28. The predicted octanol–water partition coefficient (Wildman–Crippen LogP) is 2.33. The average molecular weight is 276 g/mol. The number of fused-ring (bicyclic) bond motifs is 1. The zero-order chi connectivity index (χ0) is 13.9. The van der Waals surface area contributed by atoms with Crippen molar-refractivity contribution in [3.8, 4) is 11.5 Å². The molecule has 1 unspecified atom stereocenters. The molecule has 2 aliphatic heterocycles.